The molecule has 0 aromatic heterocycles. The molecule has 2 atom stereocenters. The topological polar surface area (TPSA) is 78.8 Å². The number of nitrogens with zero attached hydrogens (tertiary/aromatic N) is 2. The quantitative estimate of drug-likeness (QED) is 0.436. The van der Waals surface area contributed by atoms with Gasteiger partial charge in [0, 0.05) is 5.92 Å². The van der Waals surface area contributed by atoms with Crippen LogP contribution in [-0.4, -0.2) is 36.8 Å². The summed E-state index contributed by atoms with van der Waals surface area (Å²) in [6, 6.07) is 17.2. The van der Waals surface area contributed by atoms with Crippen LogP contribution in [0.2, 0.25) is 0 Å². The summed E-state index contributed by atoms with van der Waals surface area (Å²) in [6.45, 7) is 0.0379. The molecular formula is C30H25FN2O6. The van der Waals surface area contributed by atoms with Crippen LogP contribution in [0, 0.1) is 11.7 Å². The van der Waals surface area contributed by atoms with Gasteiger partial charge in [0.1, 0.15) is 0 Å². The van der Waals surface area contributed by atoms with Crippen LogP contribution in [-0.2, 0) is 4.79 Å². The van der Waals surface area contributed by atoms with Gasteiger partial charge in [0.25, 0.3) is 5.91 Å². The molecule has 8 nitrogen and oxygen atoms in total. The zero-order chi connectivity index (χ0) is 26.3. The van der Waals surface area contributed by atoms with Crippen LogP contribution in [0.5, 0.6) is 28.7 Å². The zero-order valence-corrected chi connectivity index (χ0v) is 21.0. The lowest BCUT2D eigenvalue weighted by Gasteiger charge is -2.29. The molecule has 1 saturated carbocycles. The van der Waals surface area contributed by atoms with E-state index in [4.69, 9.17) is 28.8 Å². The van der Waals surface area contributed by atoms with Gasteiger partial charge in [-0.15, -0.1) is 0 Å². The van der Waals surface area contributed by atoms with E-state index in [1.54, 1.807) is 12.1 Å². The van der Waals surface area contributed by atoms with E-state index in [1.807, 2.05) is 36.4 Å². The number of halogens is 1. The van der Waals surface area contributed by atoms with Crippen LogP contribution in [0.15, 0.2) is 71.3 Å². The molecule has 1 amide bonds. The largest absolute Gasteiger partial charge is 0.481 e. The van der Waals surface area contributed by atoms with Gasteiger partial charge in [0.2, 0.25) is 13.6 Å². The van der Waals surface area contributed by atoms with E-state index in [1.165, 1.54) is 17.1 Å². The van der Waals surface area contributed by atoms with Gasteiger partial charge in [-0.1, -0.05) is 24.3 Å². The number of hydrazone groups is 1. The first-order valence-electron chi connectivity index (χ1n) is 12.9. The molecule has 1 fully saturated rings. The third-order valence-corrected chi connectivity index (χ3v) is 7.42. The van der Waals surface area contributed by atoms with Crippen LogP contribution < -0.4 is 23.7 Å². The number of fused-ring (bicyclic) bond motifs is 3. The molecule has 2 unspecified atom stereocenters. The molecule has 0 N–H and O–H groups in total. The molecular weight excluding hydrogens is 503 g/mol. The number of hydrogen-bond acceptors (Lipinski definition) is 7. The van der Waals surface area contributed by atoms with Crippen molar-refractivity contribution in [3.8, 4) is 28.7 Å². The van der Waals surface area contributed by atoms with Crippen LogP contribution in [0.3, 0.4) is 0 Å². The first-order valence-corrected chi connectivity index (χ1v) is 12.9. The SMILES string of the molecule is O=C(COc1ccccc1F)N1N=C2/C(=C/c3ccc4c(c3)OCO4)CCCC2C1c1ccc2c(c1)OCO2. The standard InChI is InChI=1S/C30H25FN2O6/c31-22-6-1-2-7-23(22)35-15-28(34)33-30(20-9-11-25-27(14-20)39-17-37-25)21-5-3-4-19(29(21)32-33)12-18-8-10-24-26(13-18)38-16-36-24/h1-2,6-14,21,30H,3-5,15-17H2/b19-12+. The minimum Gasteiger partial charge on any atom is -0.481 e. The maximum absolute atomic E-state index is 14.1. The second-order valence-electron chi connectivity index (χ2n) is 9.78. The van der Waals surface area contributed by atoms with Crippen molar-refractivity contribution in [2.75, 3.05) is 20.2 Å². The lowest BCUT2D eigenvalue weighted by atomic mass is 9.77. The fraction of sp³-hybridized carbons (Fsp3) is 0.267. The fourth-order valence-corrected chi connectivity index (χ4v) is 5.61. The molecule has 7 rings (SSSR count). The number of benzene rings is 3. The van der Waals surface area contributed by atoms with E-state index in [0.29, 0.717) is 17.2 Å². The predicted molar refractivity (Wildman–Crippen MR) is 139 cm³/mol. The number of hydrogen-bond donors (Lipinski definition) is 0. The van der Waals surface area contributed by atoms with Gasteiger partial charge in [-0.25, -0.2) is 9.40 Å². The summed E-state index contributed by atoms with van der Waals surface area (Å²) in [6.07, 6.45) is 4.77. The van der Waals surface area contributed by atoms with Crippen LogP contribution in [0.25, 0.3) is 6.08 Å². The van der Waals surface area contributed by atoms with Gasteiger partial charge >= 0.3 is 0 Å². The highest BCUT2D eigenvalue weighted by atomic mass is 19.1. The van der Waals surface area contributed by atoms with Crippen molar-refractivity contribution in [2.24, 2.45) is 11.0 Å². The number of amides is 1. The maximum Gasteiger partial charge on any atom is 0.281 e. The second-order valence-corrected chi connectivity index (χ2v) is 9.78. The average molecular weight is 529 g/mol. The lowest BCUT2D eigenvalue weighted by Crippen LogP contribution is -2.34. The number of carbonyl (C=O) groups excluding carboxylic acids is 1. The summed E-state index contributed by atoms with van der Waals surface area (Å²) < 4.78 is 41.8. The van der Waals surface area contributed by atoms with E-state index in [2.05, 4.69) is 6.08 Å². The molecule has 1 aliphatic carbocycles. The van der Waals surface area contributed by atoms with Crippen LogP contribution in [0.4, 0.5) is 4.39 Å². The first kappa shape index (κ1) is 23.6. The van der Waals surface area contributed by atoms with Gasteiger partial charge in [-0.2, -0.15) is 5.10 Å². The summed E-state index contributed by atoms with van der Waals surface area (Å²) in [7, 11) is 0. The summed E-state index contributed by atoms with van der Waals surface area (Å²) in [4.78, 5) is 13.5. The summed E-state index contributed by atoms with van der Waals surface area (Å²) in [5, 5.41) is 6.37. The van der Waals surface area contributed by atoms with Crippen molar-refractivity contribution in [2.45, 2.75) is 25.3 Å². The third kappa shape index (κ3) is 4.33. The molecule has 0 bridgehead atoms. The minimum absolute atomic E-state index is 0.0169. The van der Waals surface area contributed by atoms with Crippen LogP contribution >= 0.6 is 0 Å². The third-order valence-electron chi connectivity index (χ3n) is 7.42. The Labute approximate surface area is 224 Å². The molecule has 9 heteroatoms. The number of rotatable bonds is 5. The Morgan fingerprint density at radius 2 is 1.72 bits per heavy atom. The second kappa shape index (κ2) is 9.65. The predicted octanol–water partition coefficient (Wildman–Crippen LogP) is 5.49. The van der Waals surface area contributed by atoms with Crippen molar-refractivity contribution in [1.82, 2.24) is 5.01 Å². The Morgan fingerprint density at radius 1 is 0.974 bits per heavy atom. The molecule has 0 spiro atoms. The van der Waals surface area contributed by atoms with Gasteiger partial charge in [0.05, 0.1) is 11.8 Å². The average Bonchev–Trinajstić information content (AvgIpc) is 3.70. The van der Waals surface area contributed by atoms with E-state index >= 15 is 0 Å². The van der Waals surface area contributed by atoms with Gasteiger partial charge in [-0.05, 0) is 78.4 Å². The summed E-state index contributed by atoms with van der Waals surface area (Å²) in [5.74, 6) is 1.89. The van der Waals surface area contributed by atoms with Gasteiger partial charge in [0.15, 0.2) is 41.2 Å². The Balaban J connectivity index is 1.23. The molecule has 3 aromatic carbocycles. The number of carbonyl (C=O) groups is 1. The molecule has 0 radical (unpaired) electrons. The molecule has 3 heterocycles. The smallest absolute Gasteiger partial charge is 0.281 e. The molecule has 198 valence electrons. The van der Waals surface area contributed by atoms with Crippen LogP contribution in [0.1, 0.15) is 36.4 Å². The molecule has 39 heavy (non-hydrogen) atoms. The monoisotopic (exact) mass is 528 g/mol. The van der Waals surface area contributed by atoms with Crippen molar-refractivity contribution < 1.29 is 32.9 Å². The van der Waals surface area contributed by atoms with E-state index < -0.39 is 5.82 Å². The molecule has 3 aliphatic heterocycles. The highest BCUT2D eigenvalue weighted by Crippen LogP contribution is 2.46. The van der Waals surface area contributed by atoms with Gasteiger partial charge in [-0.3, -0.25) is 4.79 Å². The number of ether oxygens (including phenoxy) is 5. The van der Waals surface area contributed by atoms with Crippen molar-refractivity contribution in [3.63, 3.8) is 0 Å². The Bertz CT molecular complexity index is 1520. The fourth-order valence-electron chi connectivity index (χ4n) is 5.61. The minimum atomic E-state index is -0.520. The first-order chi connectivity index (χ1) is 19.1. The Morgan fingerprint density at radius 3 is 2.54 bits per heavy atom. The van der Waals surface area contributed by atoms with E-state index in [9.17, 15) is 9.18 Å². The normalized spacial score (nSPS) is 21.6. The summed E-state index contributed by atoms with van der Waals surface area (Å²) in [5.41, 5.74) is 3.82. The Kier molecular flexibility index (Phi) is 5.83. The molecule has 0 saturated heterocycles. The lowest BCUT2D eigenvalue weighted by molar-refractivity contribution is -0.135. The van der Waals surface area contributed by atoms with Crippen molar-refractivity contribution in [1.29, 1.82) is 0 Å². The van der Waals surface area contributed by atoms with Crippen molar-refractivity contribution >= 4 is 17.7 Å². The highest BCUT2D eigenvalue weighted by molar-refractivity contribution is 6.08. The van der Waals surface area contributed by atoms with E-state index in [0.717, 1.165) is 47.4 Å². The Hall–Kier alpha value is -4.53. The highest BCUT2D eigenvalue weighted by Gasteiger charge is 2.44. The maximum atomic E-state index is 14.1. The molecule has 3 aromatic rings. The number of para-hydroxylation sites is 1. The van der Waals surface area contributed by atoms with E-state index in [-0.39, 0.29) is 43.8 Å². The summed E-state index contributed by atoms with van der Waals surface area (Å²) >= 11 is 0. The molecule has 4 aliphatic rings. The van der Waals surface area contributed by atoms with Gasteiger partial charge < -0.3 is 23.7 Å². The zero-order valence-electron chi connectivity index (χ0n) is 21.0. The van der Waals surface area contributed by atoms with Crippen molar-refractivity contribution in [3.05, 3.63) is 83.2 Å². The number of allylic oxidation sites excluding steroid dienone is 1.